The molecule has 5 nitrogen and oxygen atoms in total. The highest BCUT2D eigenvalue weighted by atomic mass is 35.5. The molecule has 0 aliphatic rings. The van der Waals surface area contributed by atoms with E-state index >= 15 is 0 Å². The van der Waals surface area contributed by atoms with Crippen LogP contribution in [-0.4, -0.2) is 19.2 Å². The van der Waals surface area contributed by atoms with Crippen LogP contribution in [0.25, 0.3) is 16.7 Å². The fourth-order valence-corrected chi connectivity index (χ4v) is 4.74. The Morgan fingerprint density at radius 3 is 2.64 bits per heavy atom. The molecule has 0 saturated heterocycles. The third kappa shape index (κ3) is 3.31. The lowest BCUT2D eigenvalue weighted by Gasteiger charge is -2.14. The van der Waals surface area contributed by atoms with E-state index in [-0.39, 0.29) is 10.8 Å². The van der Waals surface area contributed by atoms with Gasteiger partial charge in [-0.1, -0.05) is 67.0 Å². The van der Waals surface area contributed by atoms with Crippen molar-refractivity contribution >= 4 is 40.0 Å². The maximum Gasteiger partial charge on any atom is 0.262 e. The van der Waals surface area contributed by atoms with Crippen molar-refractivity contribution in [2.24, 2.45) is 0 Å². The van der Waals surface area contributed by atoms with E-state index in [4.69, 9.17) is 11.6 Å². The monoisotopic (exact) mass is 412 g/mol. The van der Waals surface area contributed by atoms with E-state index in [1.54, 1.807) is 16.3 Å². The first kappa shape index (κ1) is 19.0. The summed E-state index contributed by atoms with van der Waals surface area (Å²) in [7, 11) is 0. The zero-order chi connectivity index (χ0) is 19.7. The zero-order valence-corrected chi connectivity index (χ0v) is 17.4. The van der Waals surface area contributed by atoms with Gasteiger partial charge in [0, 0.05) is 16.8 Å². The first-order valence-corrected chi connectivity index (χ1v) is 10.6. The number of fused-ring (bicyclic) bond motifs is 3. The summed E-state index contributed by atoms with van der Waals surface area (Å²) >= 11 is 7.96. The van der Waals surface area contributed by atoms with Gasteiger partial charge >= 0.3 is 0 Å². The van der Waals surface area contributed by atoms with Crippen LogP contribution in [0.4, 0.5) is 0 Å². The van der Waals surface area contributed by atoms with E-state index in [0.29, 0.717) is 17.7 Å². The molecule has 0 aliphatic carbocycles. The molecule has 0 spiro atoms. The molecule has 0 saturated carbocycles. The molecule has 4 rings (SSSR count). The second-order valence-corrected chi connectivity index (χ2v) is 8.44. The molecule has 28 heavy (non-hydrogen) atoms. The standard InChI is InChI=1S/C21H21ClN4OS/c1-3-4-13-25-19(27)16-10-6-8-12-18(16)26-20(25)23-24-21(26)28-14(2)15-9-5-7-11-17(15)22/h5-12,14H,3-4,13H2,1-2H3. The van der Waals surface area contributed by atoms with Gasteiger partial charge in [-0.15, -0.1) is 10.2 Å². The van der Waals surface area contributed by atoms with Crippen molar-refractivity contribution in [3.63, 3.8) is 0 Å². The van der Waals surface area contributed by atoms with Crippen LogP contribution in [-0.2, 0) is 6.54 Å². The Hall–Kier alpha value is -2.31. The number of aryl methyl sites for hydroxylation is 1. The molecule has 144 valence electrons. The van der Waals surface area contributed by atoms with Crippen LogP contribution >= 0.6 is 23.4 Å². The minimum atomic E-state index is -0.0142. The first-order valence-electron chi connectivity index (χ1n) is 9.39. The van der Waals surface area contributed by atoms with Crippen LogP contribution in [0.1, 0.15) is 37.5 Å². The summed E-state index contributed by atoms with van der Waals surface area (Å²) in [5.41, 5.74) is 1.86. The van der Waals surface area contributed by atoms with Gasteiger partial charge in [0.1, 0.15) is 0 Å². The lowest BCUT2D eigenvalue weighted by atomic mass is 10.2. The van der Waals surface area contributed by atoms with Crippen molar-refractivity contribution in [1.82, 2.24) is 19.2 Å². The van der Waals surface area contributed by atoms with Crippen molar-refractivity contribution in [1.29, 1.82) is 0 Å². The van der Waals surface area contributed by atoms with Crippen LogP contribution in [0, 0.1) is 0 Å². The van der Waals surface area contributed by atoms with E-state index in [2.05, 4.69) is 24.0 Å². The third-order valence-corrected chi connectivity index (χ3v) is 6.27. The Labute approximate surface area is 172 Å². The summed E-state index contributed by atoms with van der Waals surface area (Å²) < 4.78 is 3.73. The number of hydrogen-bond acceptors (Lipinski definition) is 4. The summed E-state index contributed by atoms with van der Waals surface area (Å²) in [4.78, 5) is 13.0. The van der Waals surface area contributed by atoms with Gasteiger partial charge in [0.05, 0.1) is 10.9 Å². The van der Waals surface area contributed by atoms with E-state index in [9.17, 15) is 4.79 Å². The second-order valence-electron chi connectivity index (χ2n) is 6.73. The summed E-state index contributed by atoms with van der Waals surface area (Å²) in [6, 6.07) is 15.5. The van der Waals surface area contributed by atoms with Gasteiger partial charge in [-0.3, -0.25) is 13.8 Å². The summed E-state index contributed by atoms with van der Waals surface area (Å²) in [6.45, 7) is 4.84. The van der Waals surface area contributed by atoms with Gasteiger partial charge in [-0.2, -0.15) is 0 Å². The molecular weight excluding hydrogens is 392 g/mol. The Bertz CT molecular complexity index is 1200. The Kier molecular flexibility index (Phi) is 5.42. The minimum Gasteiger partial charge on any atom is -0.276 e. The number of para-hydroxylation sites is 1. The van der Waals surface area contributed by atoms with Gasteiger partial charge in [-0.05, 0) is 37.1 Å². The third-order valence-electron chi connectivity index (χ3n) is 4.84. The number of hydrogen-bond donors (Lipinski definition) is 0. The van der Waals surface area contributed by atoms with Crippen molar-refractivity contribution in [3.8, 4) is 0 Å². The highest BCUT2D eigenvalue weighted by molar-refractivity contribution is 7.99. The van der Waals surface area contributed by atoms with Gasteiger partial charge in [0.15, 0.2) is 5.16 Å². The summed E-state index contributed by atoms with van der Waals surface area (Å²) in [5.74, 6) is 0.589. The van der Waals surface area contributed by atoms with Crippen LogP contribution in [0.15, 0.2) is 58.5 Å². The summed E-state index contributed by atoms with van der Waals surface area (Å²) in [5, 5.41) is 11.1. The number of aromatic nitrogens is 4. The Morgan fingerprint density at radius 1 is 1.11 bits per heavy atom. The number of thioether (sulfide) groups is 1. The average Bonchev–Trinajstić information content (AvgIpc) is 3.12. The summed E-state index contributed by atoms with van der Waals surface area (Å²) in [6.07, 6.45) is 1.92. The van der Waals surface area contributed by atoms with Gasteiger partial charge in [0.2, 0.25) is 5.78 Å². The van der Waals surface area contributed by atoms with E-state index in [0.717, 1.165) is 34.1 Å². The molecule has 2 aromatic heterocycles. The number of nitrogens with zero attached hydrogens (tertiary/aromatic N) is 4. The predicted octanol–water partition coefficient (Wildman–Crippen LogP) is 5.35. The Balaban J connectivity index is 1.88. The molecule has 1 atom stereocenters. The number of halogens is 1. The molecule has 0 radical (unpaired) electrons. The molecule has 0 amide bonds. The minimum absolute atomic E-state index is 0.0142. The molecule has 0 N–H and O–H groups in total. The molecule has 0 fully saturated rings. The number of benzene rings is 2. The van der Waals surface area contributed by atoms with Gasteiger partial charge in [-0.25, -0.2) is 0 Å². The van der Waals surface area contributed by atoms with Crippen LogP contribution in [0.2, 0.25) is 5.02 Å². The van der Waals surface area contributed by atoms with Crippen molar-refractivity contribution < 1.29 is 0 Å². The molecule has 4 aromatic rings. The van der Waals surface area contributed by atoms with Crippen LogP contribution < -0.4 is 5.56 Å². The SMILES string of the molecule is CCCCn1c(=O)c2ccccc2n2c(SC(C)c3ccccc3Cl)nnc12. The highest BCUT2D eigenvalue weighted by Crippen LogP contribution is 2.37. The van der Waals surface area contributed by atoms with Gasteiger partial charge in [0.25, 0.3) is 5.56 Å². The maximum atomic E-state index is 13.0. The van der Waals surface area contributed by atoms with E-state index < -0.39 is 0 Å². The van der Waals surface area contributed by atoms with E-state index in [1.165, 1.54) is 0 Å². The van der Waals surface area contributed by atoms with Crippen molar-refractivity contribution in [2.45, 2.75) is 43.6 Å². The lowest BCUT2D eigenvalue weighted by Crippen LogP contribution is -2.23. The fraction of sp³-hybridized carbons (Fsp3) is 0.286. The number of rotatable bonds is 6. The van der Waals surface area contributed by atoms with Crippen LogP contribution in [0.5, 0.6) is 0 Å². The van der Waals surface area contributed by atoms with E-state index in [1.807, 2.05) is 52.9 Å². The lowest BCUT2D eigenvalue weighted by molar-refractivity contribution is 0.620. The highest BCUT2D eigenvalue weighted by Gasteiger charge is 2.19. The van der Waals surface area contributed by atoms with Gasteiger partial charge < -0.3 is 0 Å². The smallest absolute Gasteiger partial charge is 0.262 e. The molecular formula is C21H21ClN4OS. The molecule has 1 unspecified atom stereocenters. The molecule has 0 aliphatic heterocycles. The van der Waals surface area contributed by atoms with Crippen molar-refractivity contribution in [3.05, 3.63) is 69.5 Å². The normalized spacial score (nSPS) is 12.7. The topological polar surface area (TPSA) is 52.2 Å². The largest absolute Gasteiger partial charge is 0.276 e. The average molecular weight is 413 g/mol. The molecule has 2 aromatic carbocycles. The van der Waals surface area contributed by atoms with Crippen LogP contribution in [0.3, 0.4) is 0 Å². The Morgan fingerprint density at radius 2 is 1.86 bits per heavy atom. The predicted molar refractivity (Wildman–Crippen MR) is 115 cm³/mol. The van der Waals surface area contributed by atoms with Crippen molar-refractivity contribution in [2.75, 3.05) is 0 Å². The quantitative estimate of drug-likeness (QED) is 0.400. The molecule has 7 heteroatoms. The first-order chi connectivity index (χ1) is 13.6. The molecule has 2 heterocycles. The zero-order valence-electron chi connectivity index (χ0n) is 15.8. The fourth-order valence-electron chi connectivity index (χ4n) is 3.35. The second kappa shape index (κ2) is 7.97. The molecule has 0 bridgehead atoms. The number of unbranched alkanes of at least 4 members (excludes halogenated alkanes) is 1. The maximum absolute atomic E-state index is 13.0.